The molecule has 0 atom stereocenters. The van der Waals surface area contributed by atoms with Gasteiger partial charge in [0.15, 0.2) is 6.61 Å². The van der Waals surface area contributed by atoms with Crippen LogP contribution < -0.4 is 5.32 Å². The molecule has 1 aromatic rings. The second kappa shape index (κ2) is 5.38. The van der Waals surface area contributed by atoms with E-state index in [1.54, 1.807) is 18.5 Å². The van der Waals surface area contributed by atoms with Crippen LogP contribution in [0.2, 0.25) is 0 Å². The molecule has 0 aliphatic rings. The predicted molar refractivity (Wildman–Crippen MR) is 47.6 cm³/mol. The van der Waals surface area contributed by atoms with Crippen LogP contribution in [-0.4, -0.2) is 35.2 Å². The van der Waals surface area contributed by atoms with Gasteiger partial charge in [-0.2, -0.15) is 18.3 Å². The van der Waals surface area contributed by atoms with Gasteiger partial charge in [-0.15, -0.1) is 0 Å². The van der Waals surface area contributed by atoms with Gasteiger partial charge in [-0.25, -0.2) is 4.79 Å². The maximum atomic E-state index is 11.6. The molecule has 0 spiro atoms. The third kappa shape index (κ3) is 5.23. The Morgan fingerprint density at radius 1 is 1.50 bits per heavy atom. The Labute approximate surface area is 89.2 Å². The topological polar surface area (TPSA) is 56.2 Å². The molecule has 1 amide bonds. The van der Waals surface area contributed by atoms with Crippen molar-refractivity contribution in [3.05, 3.63) is 18.5 Å². The lowest BCUT2D eigenvalue weighted by Gasteiger charge is -2.08. The molecule has 0 unspecified atom stereocenters. The number of nitrogens with zero attached hydrogens (tertiary/aromatic N) is 2. The number of hydrogen-bond acceptors (Lipinski definition) is 3. The molecule has 1 N–H and O–H groups in total. The maximum absolute atomic E-state index is 11.6. The third-order valence-corrected chi connectivity index (χ3v) is 1.54. The Morgan fingerprint density at radius 2 is 2.25 bits per heavy atom. The fraction of sp³-hybridized carbons (Fsp3) is 0.500. The highest BCUT2D eigenvalue weighted by molar-refractivity contribution is 5.67. The van der Waals surface area contributed by atoms with Crippen molar-refractivity contribution in [3.8, 4) is 0 Å². The van der Waals surface area contributed by atoms with E-state index < -0.39 is 18.9 Å². The van der Waals surface area contributed by atoms with E-state index in [1.165, 1.54) is 4.68 Å². The van der Waals surface area contributed by atoms with Crippen molar-refractivity contribution in [2.75, 3.05) is 13.2 Å². The number of carbonyl (C=O) groups excluding carboxylic acids is 1. The van der Waals surface area contributed by atoms with Gasteiger partial charge in [0.25, 0.3) is 0 Å². The lowest BCUT2D eigenvalue weighted by molar-refractivity contribution is -0.160. The van der Waals surface area contributed by atoms with Gasteiger partial charge in [-0.1, -0.05) is 0 Å². The van der Waals surface area contributed by atoms with Crippen LogP contribution in [0.1, 0.15) is 0 Å². The van der Waals surface area contributed by atoms with E-state index in [4.69, 9.17) is 0 Å². The number of halogens is 3. The molecule has 1 heterocycles. The average molecular weight is 237 g/mol. The molecule has 0 bridgehead atoms. The van der Waals surface area contributed by atoms with Gasteiger partial charge in [0.05, 0.1) is 6.54 Å². The number of aromatic nitrogens is 2. The molecule has 5 nitrogen and oxygen atoms in total. The minimum absolute atomic E-state index is 0.151. The monoisotopic (exact) mass is 237 g/mol. The lowest BCUT2D eigenvalue weighted by atomic mass is 10.6. The molecule has 0 aliphatic heterocycles. The second-order valence-corrected chi connectivity index (χ2v) is 2.89. The van der Waals surface area contributed by atoms with E-state index in [-0.39, 0.29) is 6.54 Å². The molecule has 90 valence electrons. The highest BCUT2D eigenvalue weighted by Crippen LogP contribution is 2.14. The summed E-state index contributed by atoms with van der Waals surface area (Å²) in [5, 5.41) is 6.01. The van der Waals surface area contributed by atoms with Crippen LogP contribution in [0.5, 0.6) is 0 Å². The van der Waals surface area contributed by atoms with Crippen LogP contribution in [0.4, 0.5) is 18.0 Å². The van der Waals surface area contributed by atoms with Crippen molar-refractivity contribution in [2.45, 2.75) is 12.7 Å². The lowest BCUT2D eigenvalue weighted by Crippen LogP contribution is -2.31. The standard InChI is InChI=1S/C8H10F3N3O2/c9-8(10,11)6-16-7(15)12-3-5-14-4-1-2-13-14/h1-2,4H,3,5-6H2,(H,12,15). The van der Waals surface area contributed by atoms with Crippen molar-refractivity contribution in [1.29, 1.82) is 0 Å². The third-order valence-electron chi connectivity index (χ3n) is 1.54. The largest absolute Gasteiger partial charge is 0.440 e. The van der Waals surface area contributed by atoms with Crippen molar-refractivity contribution in [2.24, 2.45) is 0 Å². The Morgan fingerprint density at radius 3 is 2.81 bits per heavy atom. The highest BCUT2D eigenvalue weighted by atomic mass is 19.4. The number of rotatable bonds is 4. The molecule has 0 aromatic carbocycles. The van der Waals surface area contributed by atoms with Crippen LogP contribution in [0.15, 0.2) is 18.5 Å². The molecule has 0 saturated heterocycles. The van der Waals surface area contributed by atoms with Crippen molar-refractivity contribution >= 4 is 6.09 Å². The molecule has 1 aromatic heterocycles. The Bertz CT molecular complexity index is 324. The van der Waals surface area contributed by atoms with E-state index in [9.17, 15) is 18.0 Å². The van der Waals surface area contributed by atoms with Crippen LogP contribution in [0.3, 0.4) is 0 Å². The molecule has 0 aliphatic carbocycles. The molecule has 0 fully saturated rings. The first kappa shape index (κ1) is 12.3. The fourth-order valence-corrected chi connectivity index (χ4v) is 0.904. The summed E-state index contributed by atoms with van der Waals surface area (Å²) in [5.74, 6) is 0. The van der Waals surface area contributed by atoms with Crippen molar-refractivity contribution in [3.63, 3.8) is 0 Å². The predicted octanol–water partition coefficient (Wildman–Crippen LogP) is 1.17. The minimum Gasteiger partial charge on any atom is -0.440 e. The summed E-state index contributed by atoms with van der Waals surface area (Å²) in [4.78, 5) is 10.8. The SMILES string of the molecule is O=C(NCCn1cccn1)OCC(F)(F)F. The summed E-state index contributed by atoms with van der Waals surface area (Å²) in [6, 6.07) is 1.70. The van der Waals surface area contributed by atoms with Gasteiger partial charge in [-0.05, 0) is 6.07 Å². The molecule has 8 heteroatoms. The van der Waals surface area contributed by atoms with Gasteiger partial charge >= 0.3 is 12.3 Å². The Kier molecular flexibility index (Phi) is 4.15. The molecule has 16 heavy (non-hydrogen) atoms. The first-order chi connectivity index (χ1) is 7.47. The smallest absolute Gasteiger partial charge is 0.422 e. The molecule has 0 radical (unpaired) electrons. The Balaban J connectivity index is 2.11. The van der Waals surface area contributed by atoms with Crippen LogP contribution in [-0.2, 0) is 11.3 Å². The Hall–Kier alpha value is -1.73. The molecular formula is C8H10F3N3O2. The van der Waals surface area contributed by atoms with E-state index >= 15 is 0 Å². The summed E-state index contributed by atoms with van der Waals surface area (Å²) < 4.78 is 40.4. The normalized spacial score (nSPS) is 11.2. The van der Waals surface area contributed by atoms with E-state index in [1.807, 2.05) is 0 Å². The van der Waals surface area contributed by atoms with Gasteiger partial charge in [-0.3, -0.25) is 4.68 Å². The zero-order valence-corrected chi connectivity index (χ0v) is 8.20. The number of carbonyl (C=O) groups is 1. The van der Waals surface area contributed by atoms with Crippen molar-refractivity contribution < 1.29 is 22.7 Å². The average Bonchev–Trinajstić information content (AvgIpc) is 2.66. The number of amides is 1. The summed E-state index contributed by atoms with van der Waals surface area (Å²) in [6.45, 7) is -1.06. The van der Waals surface area contributed by atoms with E-state index in [0.29, 0.717) is 6.54 Å². The second-order valence-electron chi connectivity index (χ2n) is 2.89. The number of hydrogen-bond donors (Lipinski definition) is 1. The summed E-state index contributed by atoms with van der Waals surface area (Å²) >= 11 is 0. The van der Waals surface area contributed by atoms with Crippen LogP contribution in [0.25, 0.3) is 0 Å². The van der Waals surface area contributed by atoms with Gasteiger partial charge < -0.3 is 10.1 Å². The number of nitrogens with one attached hydrogen (secondary N) is 1. The van der Waals surface area contributed by atoms with Gasteiger partial charge in [0.2, 0.25) is 0 Å². The maximum Gasteiger partial charge on any atom is 0.422 e. The highest BCUT2D eigenvalue weighted by Gasteiger charge is 2.29. The number of alkyl halides is 3. The van der Waals surface area contributed by atoms with E-state index in [0.717, 1.165) is 0 Å². The molecule has 0 saturated carbocycles. The van der Waals surface area contributed by atoms with Gasteiger partial charge in [0.1, 0.15) is 0 Å². The number of alkyl carbamates (subject to hydrolysis) is 1. The van der Waals surface area contributed by atoms with Crippen LogP contribution in [0, 0.1) is 0 Å². The molecular weight excluding hydrogens is 227 g/mol. The minimum atomic E-state index is -4.50. The zero-order chi connectivity index (χ0) is 12.0. The molecule has 1 rings (SSSR count). The summed E-state index contributed by atoms with van der Waals surface area (Å²) in [5.41, 5.74) is 0. The van der Waals surface area contributed by atoms with E-state index in [2.05, 4.69) is 15.2 Å². The van der Waals surface area contributed by atoms with Gasteiger partial charge in [0, 0.05) is 18.9 Å². The van der Waals surface area contributed by atoms with Crippen molar-refractivity contribution in [1.82, 2.24) is 15.1 Å². The first-order valence-electron chi connectivity index (χ1n) is 4.42. The number of ether oxygens (including phenoxy) is 1. The van der Waals surface area contributed by atoms with Crippen LogP contribution >= 0.6 is 0 Å². The zero-order valence-electron chi connectivity index (χ0n) is 8.20. The quantitative estimate of drug-likeness (QED) is 0.855. The summed E-state index contributed by atoms with van der Waals surface area (Å²) in [7, 11) is 0. The fourth-order valence-electron chi connectivity index (χ4n) is 0.904. The first-order valence-corrected chi connectivity index (χ1v) is 4.42. The summed E-state index contributed by atoms with van der Waals surface area (Å²) in [6.07, 6.45) is -2.37.